The maximum atomic E-state index is 5.90. The number of benzene rings is 1. The highest BCUT2D eigenvalue weighted by Crippen LogP contribution is 2.35. The Morgan fingerprint density at radius 2 is 1.90 bits per heavy atom. The first-order chi connectivity index (χ1) is 9.51. The Kier molecular flexibility index (Phi) is 5.23. The second-order valence-corrected chi connectivity index (χ2v) is 6.33. The van der Waals surface area contributed by atoms with Crippen molar-refractivity contribution in [3.63, 3.8) is 0 Å². The van der Waals surface area contributed by atoms with Gasteiger partial charge in [-0.15, -0.1) is 0 Å². The molecule has 4 nitrogen and oxygen atoms in total. The van der Waals surface area contributed by atoms with Crippen LogP contribution in [0.1, 0.15) is 17.0 Å². The Balaban J connectivity index is 2.15. The maximum Gasteiger partial charge on any atom is 0.148 e. The van der Waals surface area contributed by atoms with Gasteiger partial charge in [0, 0.05) is 7.05 Å². The van der Waals surface area contributed by atoms with E-state index in [0.717, 1.165) is 32.5 Å². The minimum atomic E-state index is 0.477. The van der Waals surface area contributed by atoms with E-state index in [9.17, 15) is 0 Å². The Labute approximate surface area is 135 Å². The van der Waals surface area contributed by atoms with Crippen LogP contribution in [-0.4, -0.2) is 16.3 Å². The van der Waals surface area contributed by atoms with Crippen LogP contribution in [0.5, 0.6) is 5.75 Å². The van der Waals surface area contributed by atoms with Gasteiger partial charge in [0.15, 0.2) is 0 Å². The molecule has 2 aromatic rings. The smallest absolute Gasteiger partial charge is 0.148 e. The predicted octanol–water partition coefficient (Wildman–Crippen LogP) is 3.33. The maximum absolute atomic E-state index is 5.90. The van der Waals surface area contributed by atoms with Gasteiger partial charge in [0.05, 0.1) is 20.3 Å². The molecule has 6 heteroatoms. The zero-order valence-electron chi connectivity index (χ0n) is 11.5. The van der Waals surface area contributed by atoms with E-state index in [2.05, 4.69) is 37.0 Å². The van der Waals surface area contributed by atoms with Gasteiger partial charge in [-0.2, -0.15) is 5.10 Å². The van der Waals surface area contributed by atoms with Gasteiger partial charge in [0.2, 0.25) is 0 Å². The summed E-state index contributed by atoms with van der Waals surface area (Å²) >= 11 is 7.09. The van der Waals surface area contributed by atoms with Crippen molar-refractivity contribution < 1.29 is 4.74 Å². The summed E-state index contributed by atoms with van der Waals surface area (Å²) in [7, 11) is 1.92. The molecule has 0 saturated carbocycles. The zero-order chi connectivity index (χ0) is 14.7. The molecule has 0 aliphatic heterocycles. The van der Waals surface area contributed by atoms with Crippen molar-refractivity contribution in [2.45, 2.75) is 20.0 Å². The minimum absolute atomic E-state index is 0.477. The van der Waals surface area contributed by atoms with Gasteiger partial charge in [-0.3, -0.25) is 4.68 Å². The largest absolute Gasteiger partial charge is 0.485 e. The number of ether oxygens (including phenoxy) is 1. The summed E-state index contributed by atoms with van der Waals surface area (Å²) < 4.78 is 9.58. The van der Waals surface area contributed by atoms with E-state index in [-0.39, 0.29) is 0 Å². The number of halogens is 2. The van der Waals surface area contributed by atoms with Crippen LogP contribution in [0.15, 0.2) is 27.1 Å². The van der Waals surface area contributed by atoms with Crippen LogP contribution in [0, 0.1) is 6.92 Å². The van der Waals surface area contributed by atoms with E-state index in [1.807, 2.05) is 36.9 Å². The molecular weight excluding hydrogens is 386 g/mol. The average molecular weight is 403 g/mol. The van der Waals surface area contributed by atoms with Gasteiger partial charge in [-0.05, 0) is 75.5 Å². The molecule has 2 rings (SSSR count). The van der Waals surface area contributed by atoms with Crippen molar-refractivity contribution in [2.75, 3.05) is 6.54 Å². The molecule has 0 unspecified atom stereocenters. The van der Waals surface area contributed by atoms with Crippen molar-refractivity contribution in [3.05, 3.63) is 44.1 Å². The average Bonchev–Trinajstić information content (AvgIpc) is 2.67. The molecule has 1 aromatic carbocycles. The Morgan fingerprint density at radius 1 is 1.25 bits per heavy atom. The van der Waals surface area contributed by atoms with Crippen LogP contribution in [0.25, 0.3) is 0 Å². The Hall–Kier alpha value is -0.850. The molecular formula is C14H17Br2N3O. The van der Waals surface area contributed by atoms with E-state index < -0.39 is 0 Å². The lowest BCUT2D eigenvalue weighted by Gasteiger charge is -2.12. The molecule has 0 fully saturated rings. The number of nitrogens with zero attached hydrogens (tertiary/aromatic N) is 2. The topological polar surface area (TPSA) is 53.1 Å². The van der Waals surface area contributed by atoms with Crippen molar-refractivity contribution in [2.24, 2.45) is 12.8 Å². The molecule has 0 bridgehead atoms. The van der Waals surface area contributed by atoms with Gasteiger partial charge in [-0.1, -0.05) is 0 Å². The second kappa shape index (κ2) is 6.74. The van der Waals surface area contributed by atoms with Gasteiger partial charge in [0.1, 0.15) is 12.4 Å². The molecule has 0 aliphatic rings. The lowest BCUT2D eigenvalue weighted by atomic mass is 10.1. The Bertz CT molecular complexity index is 587. The van der Waals surface area contributed by atoms with E-state index in [4.69, 9.17) is 10.5 Å². The molecule has 0 amide bonds. The van der Waals surface area contributed by atoms with E-state index in [0.29, 0.717) is 13.2 Å². The second-order valence-electron chi connectivity index (χ2n) is 4.62. The highest BCUT2D eigenvalue weighted by Gasteiger charge is 2.10. The molecule has 108 valence electrons. The zero-order valence-corrected chi connectivity index (χ0v) is 14.7. The van der Waals surface area contributed by atoms with Crippen LogP contribution in [0.2, 0.25) is 0 Å². The summed E-state index contributed by atoms with van der Waals surface area (Å²) in [6.45, 7) is 3.08. The normalized spacial score (nSPS) is 10.8. The van der Waals surface area contributed by atoms with Crippen molar-refractivity contribution >= 4 is 31.9 Å². The third-order valence-electron chi connectivity index (χ3n) is 2.95. The fraction of sp³-hybridized carbons (Fsp3) is 0.357. The first-order valence-corrected chi connectivity index (χ1v) is 7.90. The molecule has 0 atom stereocenters. The fourth-order valence-corrected chi connectivity index (χ4v) is 3.52. The monoisotopic (exact) mass is 401 g/mol. The molecule has 0 saturated heterocycles. The minimum Gasteiger partial charge on any atom is -0.485 e. The molecule has 1 aromatic heterocycles. The highest BCUT2D eigenvalue weighted by atomic mass is 79.9. The van der Waals surface area contributed by atoms with E-state index >= 15 is 0 Å². The summed E-state index contributed by atoms with van der Waals surface area (Å²) in [5, 5.41) is 4.31. The lowest BCUT2D eigenvalue weighted by molar-refractivity contribution is 0.291. The number of hydrogen-bond donors (Lipinski definition) is 1. The van der Waals surface area contributed by atoms with Crippen LogP contribution < -0.4 is 10.5 Å². The number of aryl methyl sites for hydroxylation is 2. The number of aromatic nitrogens is 2. The van der Waals surface area contributed by atoms with Crippen molar-refractivity contribution in [1.29, 1.82) is 0 Å². The van der Waals surface area contributed by atoms with Crippen LogP contribution in [0.3, 0.4) is 0 Å². The molecule has 20 heavy (non-hydrogen) atoms. The van der Waals surface area contributed by atoms with E-state index in [1.54, 1.807) is 0 Å². The summed E-state index contributed by atoms with van der Waals surface area (Å²) in [5.74, 6) is 0.796. The standard InChI is InChI=1S/C14H17Br2N3O/c1-9-5-11(19(2)18-9)8-20-14-12(15)6-10(3-4-17)7-13(14)16/h5-7H,3-4,8,17H2,1-2H3. The number of rotatable bonds is 5. The first kappa shape index (κ1) is 15.5. The number of nitrogens with two attached hydrogens (primary N) is 1. The lowest BCUT2D eigenvalue weighted by Crippen LogP contribution is -2.05. The summed E-state index contributed by atoms with van der Waals surface area (Å²) in [4.78, 5) is 0. The summed E-state index contributed by atoms with van der Waals surface area (Å²) in [5.41, 5.74) is 8.78. The fourth-order valence-electron chi connectivity index (χ4n) is 2.01. The van der Waals surface area contributed by atoms with Crippen LogP contribution >= 0.6 is 31.9 Å². The Morgan fingerprint density at radius 3 is 2.40 bits per heavy atom. The van der Waals surface area contributed by atoms with Gasteiger partial charge < -0.3 is 10.5 Å². The van der Waals surface area contributed by atoms with E-state index in [1.165, 1.54) is 5.56 Å². The molecule has 0 spiro atoms. The molecule has 0 radical (unpaired) electrons. The number of hydrogen-bond acceptors (Lipinski definition) is 3. The third kappa shape index (κ3) is 3.62. The molecule has 0 aliphatic carbocycles. The summed E-state index contributed by atoms with van der Waals surface area (Å²) in [6, 6.07) is 6.10. The van der Waals surface area contributed by atoms with Crippen molar-refractivity contribution in [1.82, 2.24) is 9.78 Å². The van der Waals surface area contributed by atoms with Gasteiger partial charge >= 0.3 is 0 Å². The third-order valence-corrected chi connectivity index (χ3v) is 4.13. The molecule has 2 N–H and O–H groups in total. The van der Waals surface area contributed by atoms with Gasteiger partial charge in [0.25, 0.3) is 0 Å². The summed E-state index contributed by atoms with van der Waals surface area (Å²) in [6.07, 6.45) is 0.846. The van der Waals surface area contributed by atoms with Crippen LogP contribution in [-0.2, 0) is 20.1 Å². The molecule has 1 heterocycles. The van der Waals surface area contributed by atoms with Crippen LogP contribution in [0.4, 0.5) is 0 Å². The van der Waals surface area contributed by atoms with Crippen molar-refractivity contribution in [3.8, 4) is 5.75 Å². The SMILES string of the molecule is Cc1cc(COc2c(Br)cc(CCN)cc2Br)n(C)n1. The predicted molar refractivity (Wildman–Crippen MR) is 86.9 cm³/mol. The highest BCUT2D eigenvalue weighted by molar-refractivity contribution is 9.11. The van der Waals surface area contributed by atoms with Gasteiger partial charge in [-0.25, -0.2) is 0 Å². The first-order valence-electron chi connectivity index (χ1n) is 6.31. The quantitative estimate of drug-likeness (QED) is 0.834.